The van der Waals surface area contributed by atoms with Crippen molar-refractivity contribution in [1.29, 1.82) is 5.26 Å². The molecule has 1 aliphatic carbocycles. The van der Waals surface area contributed by atoms with Crippen LogP contribution in [0.2, 0.25) is 0 Å². The third kappa shape index (κ3) is 2.45. The second kappa shape index (κ2) is 5.44. The zero-order valence-corrected chi connectivity index (χ0v) is 12.3. The maximum atomic E-state index is 9.12. The molecule has 4 heteroatoms. The molecule has 0 radical (unpaired) electrons. The fourth-order valence-corrected chi connectivity index (χ4v) is 3.55. The number of hydrogen-bond donors (Lipinski definition) is 1. The normalized spacial score (nSPS) is 26.2. The molecule has 98 valence electrons. The monoisotopic (exact) mass is 317 g/mol. The van der Waals surface area contributed by atoms with E-state index in [1.165, 1.54) is 18.4 Å². The standard InChI is InChI=1S/C15H16BrN3/c16-15-11(7-17)6-12(8-19-15)13-3-1-2-10-4-5-18-9-14(10)13/h3,6,8,10,14,18H,1-2,4-5,9H2/t10-,14+/m1/s1. The number of halogens is 1. The van der Waals surface area contributed by atoms with Crippen LogP contribution in [0.3, 0.4) is 0 Å². The first kappa shape index (κ1) is 12.8. The highest BCUT2D eigenvalue weighted by Gasteiger charge is 2.30. The van der Waals surface area contributed by atoms with Crippen LogP contribution in [0.4, 0.5) is 0 Å². The van der Waals surface area contributed by atoms with Crippen LogP contribution >= 0.6 is 15.9 Å². The van der Waals surface area contributed by atoms with Crippen LogP contribution in [0.1, 0.15) is 30.4 Å². The van der Waals surface area contributed by atoms with E-state index in [0.717, 1.165) is 31.0 Å². The van der Waals surface area contributed by atoms with Crippen LogP contribution in [-0.4, -0.2) is 18.1 Å². The van der Waals surface area contributed by atoms with Crippen LogP contribution < -0.4 is 5.32 Å². The largest absolute Gasteiger partial charge is 0.316 e. The minimum atomic E-state index is 0.581. The fourth-order valence-electron chi connectivity index (χ4n) is 3.24. The predicted octanol–water partition coefficient (Wildman–Crippen LogP) is 3.12. The minimum Gasteiger partial charge on any atom is -0.316 e. The van der Waals surface area contributed by atoms with Gasteiger partial charge in [-0.25, -0.2) is 4.98 Å². The molecule has 0 saturated carbocycles. The zero-order valence-electron chi connectivity index (χ0n) is 10.7. The fraction of sp³-hybridized carbons (Fsp3) is 0.467. The van der Waals surface area contributed by atoms with Crippen LogP contribution in [0.25, 0.3) is 5.57 Å². The molecule has 0 unspecified atom stereocenters. The number of fused-ring (bicyclic) bond motifs is 1. The average Bonchev–Trinajstić information content (AvgIpc) is 2.47. The lowest BCUT2D eigenvalue weighted by Crippen LogP contribution is -2.38. The van der Waals surface area contributed by atoms with E-state index in [1.807, 2.05) is 12.3 Å². The zero-order chi connectivity index (χ0) is 13.2. The smallest absolute Gasteiger partial charge is 0.123 e. The van der Waals surface area contributed by atoms with Crippen molar-refractivity contribution in [3.63, 3.8) is 0 Å². The molecule has 0 aromatic carbocycles. The van der Waals surface area contributed by atoms with Gasteiger partial charge in [-0.2, -0.15) is 5.26 Å². The van der Waals surface area contributed by atoms with E-state index in [1.54, 1.807) is 0 Å². The molecule has 3 rings (SSSR count). The number of pyridine rings is 1. The SMILES string of the molecule is N#Cc1cc(C2=CCC[C@@H]3CCNC[C@H]23)cnc1Br. The number of hydrogen-bond acceptors (Lipinski definition) is 3. The summed E-state index contributed by atoms with van der Waals surface area (Å²) in [5.41, 5.74) is 3.10. The molecule has 1 aromatic rings. The number of nitriles is 1. The predicted molar refractivity (Wildman–Crippen MR) is 78.3 cm³/mol. The Balaban J connectivity index is 1.96. The summed E-state index contributed by atoms with van der Waals surface area (Å²) in [7, 11) is 0. The van der Waals surface area contributed by atoms with Gasteiger partial charge in [-0.05, 0) is 70.8 Å². The van der Waals surface area contributed by atoms with Gasteiger partial charge in [-0.15, -0.1) is 0 Å². The van der Waals surface area contributed by atoms with Gasteiger partial charge in [0.05, 0.1) is 5.56 Å². The topological polar surface area (TPSA) is 48.7 Å². The Morgan fingerprint density at radius 1 is 1.42 bits per heavy atom. The van der Waals surface area contributed by atoms with Gasteiger partial charge < -0.3 is 5.32 Å². The first-order chi connectivity index (χ1) is 9.29. The van der Waals surface area contributed by atoms with Gasteiger partial charge in [-0.3, -0.25) is 0 Å². The molecule has 2 atom stereocenters. The molecule has 1 saturated heterocycles. The molecule has 0 spiro atoms. The summed E-state index contributed by atoms with van der Waals surface area (Å²) in [6.07, 6.45) is 7.92. The molecule has 0 amide bonds. The van der Waals surface area contributed by atoms with Crippen LogP contribution in [0.5, 0.6) is 0 Å². The molecule has 1 fully saturated rings. The first-order valence-corrected chi connectivity index (χ1v) is 7.55. The Hall–Kier alpha value is -1.18. The first-order valence-electron chi connectivity index (χ1n) is 6.76. The maximum Gasteiger partial charge on any atom is 0.123 e. The lowest BCUT2D eigenvalue weighted by Gasteiger charge is -2.37. The number of nitrogens with zero attached hydrogens (tertiary/aromatic N) is 2. The Kier molecular flexibility index (Phi) is 3.67. The van der Waals surface area contributed by atoms with Crippen molar-refractivity contribution in [2.45, 2.75) is 19.3 Å². The van der Waals surface area contributed by atoms with Crippen molar-refractivity contribution in [3.05, 3.63) is 34.1 Å². The van der Waals surface area contributed by atoms with E-state index in [2.05, 4.69) is 38.4 Å². The summed E-state index contributed by atoms with van der Waals surface area (Å²) in [6.45, 7) is 2.19. The number of aromatic nitrogens is 1. The summed E-state index contributed by atoms with van der Waals surface area (Å²) in [6, 6.07) is 4.15. The van der Waals surface area contributed by atoms with Gasteiger partial charge in [0.2, 0.25) is 0 Å². The number of allylic oxidation sites excluding steroid dienone is 1. The molecular weight excluding hydrogens is 302 g/mol. The minimum absolute atomic E-state index is 0.581. The van der Waals surface area contributed by atoms with E-state index in [4.69, 9.17) is 5.26 Å². The third-order valence-corrected chi connectivity index (χ3v) is 4.85. The van der Waals surface area contributed by atoms with Crippen LogP contribution in [0.15, 0.2) is 22.9 Å². The summed E-state index contributed by atoms with van der Waals surface area (Å²) in [5.74, 6) is 1.37. The highest BCUT2D eigenvalue weighted by molar-refractivity contribution is 9.10. The molecule has 19 heavy (non-hydrogen) atoms. The molecule has 2 aliphatic rings. The Morgan fingerprint density at radius 3 is 3.16 bits per heavy atom. The van der Waals surface area contributed by atoms with Gasteiger partial charge in [0.15, 0.2) is 0 Å². The molecule has 3 nitrogen and oxygen atoms in total. The molecule has 1 aliphatic heterocycles. The Morgan fingerprint density at radius 2 is 2.32 bits per heavy atom. The van der Waals surface area contributed by atoms with E-state index >= 15 is 0 Å². The lowest BCUT2D eigenvalue weighted by atomic mass is 9.73. The van der Waals surface area contributed by atoms with Crippen molar-refractivity contribution < 1.29 is 0 Å². The Bertz CT molecular complexity index is 559. The molecule has 2 heterocycles. The van der Waals surface area contributed by atoms with E-state index in [0.29, 0.717) is 16.1 Å². The highest BCUT2D eigenvalue weighted by atomic mass is 79.9. The average molecular weight is 318 g/mol. The van der Waals surface area contributed by atoms with Gasteiger partial charge in [0, 0.05) is 12.7 Å². The van der Waals surface area contributed by atoms with Gasteiger partial charge in [0.25, 0.3) is 0 Å². The second-order valence-electron chi connectivity index (χ2n) is 5.27. The highest BCUT2D eigenvalue weighted by Crippen LogP contribution is 2.39. The van der Waals surface area contributed by atoms with Crippen molar-refractivity contribution in [1.82, 2.24) is 10.3 Å². The summed E-state index contributed by atoms with van der Waals surface area (Å²) >= 11 is 3.32. The van der Waals surface area contributed by atoms with Crippen LogP contribution in [-0.2, 0) is 0 Å². The van der Waals surface area contributed by atoms with Crippen molar-refractivity contribution >= 4 is 21.5 Å². The van der Waals surface area contributed by atoms with Crippen molar-refractivity contribution in [3.8, 4) is 6.07 Å². The second-order valence-corrected chi connectivity index (χ2v) is 6.02. The summed E-state index contributed by atoms with van der Waals surface area (Å²) in [4.78, 5) is 4.30. The molecule has 0 bridgehead atoms. The molecule has 1 N–H and O–H groups in total. The lowest BCUT2D eigenvalue weighted by molar-refractivity contribution is 0.285. The molecule has 1 aromatic heterocycles. The number of nitrogens with one attached hydrogen (secondary N) is 1. The summed E-state index contributed by atoms with van der Waals surface area (Å²) < 4.78 is 0.633. The molecular formula is C15H16BrN3. The quantitative estimate of drug-likeness (QED) is 0.810. The van der Waals surface area contributed by atoms with Crippen molar-refractivity contribution in [2.75, 3.05) is 13.1 Å². The van der Waals surface area contributed by atoms with E-state index in [-0.39, 0.29) is 0 Å². The third-order valence-electron chi connectivity index (χ3n) is 4.22. The van der Waals surface area contributed by atoms with Crippen molar-refractivity contribution in [2.24, 2.45) is 11.8 Å². The Labute approximate surface area is 121 Å². The van der Waals surface area contributed by atoms with Gasteiger partial charge in [-0.1, -0.05) is 6.08 Å². The van der Waals surface area contributed by atoms with E-state index < -0.39 is 0 Å². The summed E-state index contributed by atoms with van der Waals surface area (Å²) in [5, 5.41) is 12.6. The van der Waals surface area contributed by atoms with Crippen LogP contribution in [0, 0.1) is 23.2 Å². The maximum absolute atomic E-state index is 9.12. The van der Waals surface area contributed by atoms with Gasteiger partial charge in [0.1, 0.15) is 10.7 Å². The van der Waals surface area contributed by atoms with E-state index in [9.17, 15) is 0 Å². The number of rotatable bonds is 1. The number of piperidine rings is 1. The van der Waals surface area contributed by atoms with Gasteiger partial charge >= 0.3 is 0 Å².